The molecule has 0 aliphatic heterocycles. The van der Waals surface area contributed by atoms with Crippen LogP contribution in [0.1, 0.15) is 25.0 Å². The molecule has 2 rings (SSSR count). The first-order valence-corrected chi connectivity index (χ1v) is 8.91. The highest BCUT2D eigenvalue weighted by Crippen LogP contribution is 2.14. The number of nitrogens with zero attached hydrogens (tertiary/aromatic N) is 1. The van der Waals surface area contributed by atoms with Gasteiger partial charge < -0.3 is 15.0 Å². The molecule has 0 aromatic heterocycles. The molecule has 27 heavy (non-hydrogen) atoms. The van der Waals surface area contributed by atoms with Crippen LogP contribution in [0.5, 0.6) is 5.75 Å². The number of ether oxygens (including phenoxy) is 1. The Balaban J connectivity index is 2.11. The highest BCUT2D eigenvalue weighted by Gasteiger charge is 2.26. The average Bonchev–Trinajstić information content (AvgIpc) is 2.66. The molecule has 6 heteroatoms. The van der Waals surface area contributed by atoms with Gasteiger partial charge in [0.05, 0.1) is 0 Å². The number of benzene rings is 2. The lowest BCUT2D eigenvalue weighted by Crippen LogP contribution is -2.49. The number of rotatable bonds is 8. The molecule has 0 radical (unpaired) electrons. The third kappa shape index (κ3) is 6.09. The molecule has 2 amide bonds. The van der Waals surface area contributed by atoms with Gasteiger partial charge in [-0.1, -0.05) is 29.8 Å². The van der Waals surface area contributed by atoms with E-state index in [0.29, 0.717) is 12.3 Å². The van der Waals surface area contributed by atoms with E-state index in [9.17, 15) is 14.0 Å². The normalized spacial score (nSPS) is 11.6. The summed E-state index contributed by atoms with van der Waals surface area (Å²) in [6.45, 7) is 5.92. The highest BCUT2D eigenvalue weighted by atomic mass is 19.1. The molecule has 0 spiro atoms. The molecule has 1 N–H and O–H groups in total. The summed E-state index contributed by atoms with van der Waals surface area (Å²) in [6.07, 6.45) is 0. The maximum Gasteiger partial charge on any atom is 0.261 e. The summed E-state index contributed by atoms with van der Waals surface area (Å²) in [6, 6.07) is 12.6. The predicted octanol–water partition coefficient (Wildman–Crippen LogP) is 3.07. The van der Waals surface area contributed by atoms with Crippen LogP contribution in [0.2, 0.25) is 0 Å². The van der Waals surface area contributed by atoms with Crippen LogP contribution in [0.4, 0.5) is 4.39 Å². The minimum absolute atomic E-state index is 0.187. The SMILES string of the molecule is CCNC(=O)[C@H](C)N(Cc1ccc(F)cc1)C(=O)COc1ccc(C)cc1. The largest absolute Gasteiger partial charge is 0.484 e. The molecule has 5 nitrogen and oxygen atoms in total. The quantitative estimate of drug-likeness (QED) is 0.775. The van der Waals surface area contributed by atoms with Crippen molar-refractivity contribution in [3.63, 3.8) is 0 Å². The molecule has 0 fully saturated rings. The van der Waals surface area contributed by atoms with Gasteiger partial charge in [0, 0.05) is 13.1 Å². The molecule has 144 valence electrons. The molecular weight excluding hydrogens is 347 g/mol. The molecule has 0 aliphatic carbocycles. The van der Waals surface area contributed by atoms with E-state index in [1.54, 1.807) is 31.2 Å². The molecule has 0 unspecified atom stereocenters. The zero-order valence-corrected chi connectivity index (χ0v) is 15.9. The number of aryl methyl sites for hydroxylation is 1. The van der Waals surface area contributed by atoms with Crippen molar-refractivity contribution in [1.29, 1.82) is 0 Å². The zero-order valence-electron chi connectivity index (χ0n) is 15.9. The van der Waals surface area contributed by atoms with Crippen molar-refractivity contribution in [2.24, 2.45) is 0 Å². The monoisotopic (exact) mass is 372 g/mol. The standard InChI is InChI=1S/C21H25FN2O3/c1-4-23-21(26)16(3)24(13-17-7-9-18(22)10-8-17)20(25)14-27-19-11-5-15(2)6-12-19/h5-12,16H,4,13-14H2,1-3H3,(H,23,26)/t16-/m0/s1. The minimum Gasteiger partial charge on any atom is -0.484 e. The van der Waals surface area contributed by atoms with Gasteiger partial charge in [-0.2, -0.15) is 0 Å². The molecule has 2 aromatic rings. The van der Waals surface area contributed by atoms with Crippen molar-refractivity contribution in [2.75, 3.05) is 13.2 Å². The lowest BCUT2D eigenvalue weighted by Gasteiger charge is -2.28. The van der Waals surface area contributed by atoms with Gasteiger partial charge in [-0.3, -0.25) is 9.59 Å². The van der Waals surface area contributed by atoms with Crippen molar-refractivity contribution in [3.8, 4) is 5.75 Å². The van der Waals surface area contributed by atoms with E-state index in [0.717, 1.165) is 11.1 Å². The Hall–Kier alpha value is -2.89. The number of nitrogens with one attached hydrogen (secondary N) is 1. The zero-order chi connectivity index (χ0) is 19.8. The van der Waals surface area contributed by atoms with Crippen LogP contribution < -0.4 is 10.1 Å². The van der Waals surface area contributed by atoms with Crippen LogP contribution in [0.3, 0.4) is 0 Å². The minimum atomic E-state index is -0.677. The van der Waals surface area contributed by atoms with Crippen molar-refractivity contribution in [3.05, 3.63) is 65.5 Å². The number of carbonyl (C=O) groups is 2. The van der Waals surface area contributed by atoms with Crippen molar-refractivity contribution in [1.82, 2.24) is 10.2 Å². The van der Waals surface area contributed by atoms with Gasteiger partial charge in [-0.15, -0.1) is 0 Å². The summed E-state index contributed by atoms with van der Waals surface area (Å²) in [4.78, 5) is 26.4. The lowest BCUT2D eigenvalue weighted by molar-refractivity contribution is -0.142. The van der Waals surface area contributed by atoms with E-state index >= 15 is 0 Å². The first-order chi connectivity index (χ1) is 12.9. The van der Waals surface area contributed by atoms with Crippen LogP contribution in [-0.2, 0) is 16.1 Å². The van der Waals surface area contributed by atoms with Crippen LogP contribution in [0.25, 0.3) is 0 Å². The van der Waals surface area contributed by atoms with Gasteiger partial charge in [-0.25, -0.2) is 4.39 Å². The fourth-order valence-electron chi connectivity index (χ4n) is 2.55. The second-order valence-corrected chi connectivity index (χ2v) is 6.32. The third-order valence-electron chi connectivity index (χ3n) is 4.17. The Kier molecular flexibility index (Phi) is 7.34. The smallest absolute Gasteiger partial charge is 0.261 e. The predicted molar refractivity (Wildman–Crippen MR) is 102 cm³/mol. The van der Waals surface area contributed by atoms with Crippen molar-refractivity contribution in [2.45, 2.75) is 33.4 Å². The maximum absolute atomic E-state index is 13.1. The molecule has 0 aliphatic rings. The Morgan fingerprint density at radius 2 is 1.74 bits per heavy atom. The molecule has 0 saturated carbocycles. The fourth-order valence-corrected chi connectivity index (χ4v) is 2.55. The number of amides is 2. The van der Waals surface area contributed by atoms with Gasteiger partial charge >= 0.3 is 0 Å². The highest BCUT2D eigenvalue weighted by molar-refractivity contribution is 5.87. The lowest BCUT2D eigenvalue weighted by atomic mass is 10.1. The topological polar surface area (TPSA) is 58.6 Å². The fraction of sp³-hybridized carbons (Fsp3) is 0.333. The second-order valence-electron chi connectivity index (χ2n) is 6.32. The number of halogens is 1. The molecule has 1 atom stereocenters. The summed E-state index contributed by atoms with van der Waals surface area (Å²) in [5.74, 6) is -0.334. The van der Waals surface area contributed by atoms with Gasteiger partial charge in [-0.05, 0) is 50.6 Å². The number of likely N-dealkylation sites (N-methyl/N-ethyl adjacent to an activating group) is 1. The summed E-state index contributed by atoms with van der Waals surface area (Å²) in [5, 5.41) is 2.72. The Morgan fingerprint density at radius 1 is 1.11 bits per heavy atom. The Morgan fingerprint density at radius 3 is 2.33 bits per heavy atom. The van der Waals surface area contributed by atoms with E-state index in [-0.39, 0.29) is 30.8 Å². The second kappa shape index (κ2) is 9.71. The molecule has 0 bridgehead atoms. The van der Waals surface area contributed by atoms with E-state index in [4.69, 9.17) is 4.74 Å². The molecule has 2 aromatic carbocycles. The first kappa shape index (κ1) is 20.4. The van der Waals surface area contributed by atoms with E-state index in [2.05, 4.69) is 5.32 Å². The first-order valence-electron chi connectivity index (χ1n) is 8.91. The van der Waals surface area contributed by atoms with Crippen molar-refractivity contribution < 1.29 is 18.7 Å². The number of hydrogen-bond donors (Lipinski definition) is 1. The van der Waals surface area contributed by atoms with Crippen LogP contribution in [0.15, 0.2) is 48.5 Å². The van der Waals surface area contributed by atoms with Crippen molar-refractivity contribution >= 4 is 11.8 Å². The Bertz CT molecular complexity index is 760. The summed E-state index contributed by atoms with van der Waals surface area (Å²) < 4.78 is 18.7. The summed E-state index contributed by atoms with van der Waals surface area (Å²) >= 11 is 0. The van der Waals surface area contributed by atoms with Crippen LogP contribution in [0, 0.1) is 12.7 Å². The van der Waals surface area contributed by atoms with Gasteiger partial charge in [0.15, 0.2) is 6.61 Å². The summed E-state index contributed by atoms with van der Waals surface area (Å²) in [5.41, 5.74) is 1.83. The third-order valence-corrected chi connectivity index (χ3v) is 4.17. The number of carbonyl (C=O) groups excluding carboxylic acids is 2. The molecule has 0 heterocycles. The van der Waals surface area contributed by atoms with Crippen LogP contribution >= 0.6 is 0 Å². The van der Waals surface area contributed by atoms with E-state index < -0.39 is 6.04 Å². The average molecular weight is 372 g/mol. The summed E-state index contributed by atoms with van der Waals surface area (Å²) in [7, 11) is 0. The van der Waals surface area contributed by atoms with Gasteiger partial charge in [0.25, 0.3) is 5.91 Å². The van der Waals surface area contributed by atoms with Crippen LogP contribution in [-0.4, -0.2) is 35.9 Å². The van der Waals surface area contributed by atoms with Gasteiger partial charge in [0.2, 0.25) is 5.91 Å². The molecule has 0 saturated heterocycles. The van der Waals surface area contributed by atoms with Gasteiger partial charge in [0.1, 0.15) is 17.6 Å². The van der Waals surface area contributed by atoms with E-state index in [1.165, 1.54) is 17.0 Å². The van der Waals surface area contributed by atoms with E-state index in [1.807, 2.05) is 26.0 Å². The maximum atomic E-state index is 13.1. The number of hydrogen-bond acceptors (Lipinski definition) is 3. The molecular formula is C21H25FN2O3. The Labute approximate surface area is 159 Å².